The first-order chi connectivity index (χ1) is 42.1. The Labute approximate surface area is 495 Å². The zero-order valence-corrected chi connectivity index (χ0v) is 47.5. The van der Waals surface area contributed by atoms with Crippen molar-refractivity contribution in [3.05, 3.63) is 339 Å². The van der Waals surface area contributed by atoms with E-state index in [1.165, 1.54) is 31.5 Å². The molecule has 0 unspecified atom stereocenters. The molecular formula is C79H55N5Si. The molecule has 0 fully saturated rings. The Hall–Kier alpha value is -11.2. The summed E-state index contributed by atoms with van der Waals surface area (Å²) in [5.74, 6) is 0. The van der Waals surface area contributed by atoms with Crippen LogP contribution in [0.15, 0.2) is 334 Å². The first-order valence-corrected chi connectivity index (χ1v) is 30.9. The number of fused-ring (bicyclic) bond motifs is 6. The van der Waals surface area contributed by atoms with Crippen LogP contribution in [0.5, 0.6) is 0 Å². The van der Waals surface area contributed by atoms with E-state index in [2.05, 4.69) is 334 Å². The summed E-state index contributed by atoms with van der Waals surface area (Å²) in [6.45, 7) is 0. The highest BCUT2D eigenvalue weighted by atomic mass is 28.3. The van der Waals surface area contributed by atoms with Gasteiger partial charge in [0.25, 0.3) is 0 Å². The number of nitriles is 1. The van der Waals surface area contributed by atoms with Crippen molar-refractivity contribution in [3.8, 4) is 28.6 Å². The summed E-state index contributed by atoms with van der Waals surface area (Å²) in [5.41, 5.74) is 15.9. The smallest absolute Gasteiger partial charge is 0.179 e. The first-order valence-electron chi connectivity index (χ1n) is 28.9. The Balaban J connectivity index is 1.02. The highest BCUT2D eigenvalue weighted by molar-refractivity contribution is 7.20. The third kappa shape index (κ3) is 8.78. The normalized spacial score (nSPS) is 11.5. The van der Waals surface area contributed by atoms with Crippen molar-refractivity contribution in [1.29, 1.82) is 5.26 Å². The third-order valence-corrected chi connectivity index (χ3v) is 21.6. The van der Waals surface area contributed by atoms with E-state index in [1.54, 1.807) is 0 Å². The Kier molecular flexibility index (Phi) is 12.9. The van der Waals surface area contributed by atoms with E-state index in [4.69, 9.17) is 0 Å². The van der Waals surface area contributed by atoms with Crippen LogP contribution in [-0.2, 0) is 0 Å². The van der Waals surface area contributed by atoms with Gasteiger partial charge in [-0.25, -0.2) is 0 Å². The molecule has 15 rings (SSSR count). The molecule has 15 aromatic rings. The van der Waals surface area contributed by atoms with E-state index in [0.717, 1.165) is 89.5 Å². The van der Waals surface area contributed by atoms with Crippen molar-refractivity contribution in [1.82, 2.24) is 9.13 Å². The predicted octanol–water partition coefficient (Wildman–Crippen LogP) is 17.7. The highest BCUT2D eigenvalue weighted by Gasteiger charge is 2.42. The molecule has 0 bridgehead atoms. The Morgan fingerprint density at radius 2 is 0.600 bits per heavy atom. The minimum atomic E-state index is -3.19. The number of hydrogen-bond donors (Lipinski definition) is 0. The fraction of sp³-hybridized carbons (Fsp3) is 0. The molecule has 0 spiro atoms. The van der Waals surface area contributed by atoms with E-state index in [0.29, 0.717) is 5.56 Å². The molecule has 0 aliphatic heterocycles. The molecule has 13 aromatic carbocycles. The molecule has 2 aromatic heterocycles. The van der Waals surface area contributed by atoms with E-state index < -0.39 is 8.07 Å². The monoisotopic (exact) mass is 1100 g/mol. The van der Waals surface area contributed by atoms with Gasteiger partial charge < -0.3 is 18.9 Å². The Morgan fingerprint density at radius 1 is 0.259 bits per heavy atom. The predicted molar refractivity (Wildman–Crippen MR) is 358 cm³/mol. The van der Waals surface area contributed by atoms with Gasteiger partial charge in [-0.15, -0.1) is 0 Å². The molecule has 0 saturated heterocycles. The molecule has 2 heterocycles. The van der Waals surface area contributed by atoms with Gasteiger partial charge in [0.2, 0.25) is 0 Å². The molecule has 85 heavy (non-hydrogen) atoms. The van der Waals surface area contributed by atoms with Crippen LogP contribution in [0.25, 0.3) is 66.1 Å². The molecule has 0 atom stereocenters. The van der Waals surface area contributed by atoms with Gasteiger partial charge in [0.05, 0.1) is 45.1 Å². The largest absolute Gasteiger partial charge is 0.310 e. The summed E-state index contributed by atoms with van der Waals surface area (Å²) in [4.78, 5) is 4.70. The summed E-state index contributed by atoms with van der Waals surface area (Å²) >= 11 is 0. The summed E-state index contributed by atoms with van der Waals surface area (Å²) < 4.78 is 5.04. The Morgan fingerprint density at radius 3 is 1.02 bits per heavy atom. The van der Waals surface area contributed by atoms with Crippen LogP contribution < -0.4 is 30.5 Å². The lowest BCUT2D eigenvalue weighted by Gasteiger charge is -2.35. The van der Waals surface area contributed by atoms with E-state index >= 15 is 0 Å². The van der Waals surface area contributed by atoms with Gasteiger partial charge in [0.15, 0.2) is 8.07 Å². The zero-order chi connectivity index (χ0) is 56.7. The molecule has 5 nitrogen and oxygen atoms in total. The van der Waals surface area contributed by atoms with Gasteiger partial charge in [0.1, 0.15) is 0 Å². The van der Waals surface area contributed by atoms with Crippen molar-refractivity contribution in [3.63, 3.8) is 0 Å². The zero-order valence-electron chi connectivity index (χ0n) is 46.5. The second-order valence-corrected chi connectivity index (χ2v) is 25.4. The van der Waals surface area contributed by atoms with E-state index in [1.807, 2.05) is 24.3 Å². The fourth-order valence-corrected chi connectivity index (χ4v) is 17.8. The second-order valence-electron chi connectivity index (χ2n) is 21.6. The van der Waals surface area contributed by atoms with Crippen LogP contribution in [0.1, 0.15) is 5.56 Å². The molecule has 0 N–H and O–H groups in total. The van der Waals surface area contributed by atoms with Crippen LogP contribution in [0.3, 0.4) is 0 Å². The molecule has 0 aliphatic rings. The molecule has 0 radical (unpaired) electrons. The quantitative estimate of drug-likeness (QED) is 0.0853. The van der Waals surface area contributed by atoms with Crippen molar-refractivity contribution in [2.24, 2.45) is 0 Å². The van der Waals surface area contributed by atoms with Crippen LogP contribution in [0, 0.1) is 11.3 Å². The first kappa shape index (κ1) is 50.7. The molecule has 0 aliphatic carbocycles. The summed E-state index contributed by atoms with van der Waals surface area (Å²) in [7, 11) is -3.19. The van der Waals surface area contributed by atoms with Gasteiger partial charge in [-0.05, 0) is 153 Å². The van der Waals surface area contributed by atoms with Crippen molar-refractivity contribution in [2.45, 2.75) is 0 Å². The van der Waals surface area contributed by atoms with Crippen LogP contribution in [0.4, 0.5) is 34.1 Å². The summed E-state index contributed by atoms with van der Waals surface area (Å²) in [6.07, 6.45) is 0. The SMILES string of the molecule is N#Cc1ccc(-c2ccc([Si](c3ccccc3)(c3ccccc3)c3ccc(-n4c5ccccc5c5cc(N(c6ccccc6)c6ccccc6)ccc54)c(-n4c5ccccc5c5cc(N(c6ccccc6)c6ccccc6)ccc54)c3)cc2)cc1. The number of nitrogens with zero attached hydrogens (tertiary/aromatic N) is 5. The number of para-hydroxylation sites is 6. The fourth-order valence-electron chi connectivity index (χ4n) is 13.1. The summed E-state index contributed by atoms with van der Waals surface area (Å²) in [5, 5.41) is 19.4. The topological polar surface area (TPSA) is 40.1 Å². The van der Waals surface area contributed by atoms with Crippen LogP contribution in [-0.4, -0.2) is 17.2 Å². The average molecular weight is 1100 g/mol. The molecule has 6 heteroatoms. The number of aromatic nitrogens is 2. The van der Waals surface area contributed by atoms with Crippen molar-refractivity contribution < 1.29 is 0 Å². The van der Waals surface area contributed by atoms with E-state index in [9.17, 15) is 5.26 Å². The van der Waals surface area contributed by atoms with Gasteiger partial charge in [-0.3, -0.25) is 0 Å². The van der Waals surface area contributed by atoms with E-state index in [-0.39, 0.29) is 0 Å². The maximum Gasteiger partial charge on any atom is 0.179 e. The third-order valence-electron chi connectivity index (χ3n) is 16.9. The lowest BCUT2D eigenvalue weighted by atomic mass is 10.0. The second kappa shape index (κ2) is 21.6. The van der Waals surface area contributed by atoms with Crippen LogP contribution in [0.2, 0.25) is 0 Å². The van der Waals surface area contributed by atoms with Crippen LogP contribution >= 0.6 is 0 Å². The molecule has 0 amide bonds. The number of anilines is 6. The number of hydrogen-bond acceptors (Lipinski definition) is 3. The molecule has 0 saturated carbocycles. The standard InChI is InChI=1S/C79H55N5Si/c80-56-57-39-41-58(42-40-57)59-43-47-68(48-44-59)85(66-31-15-5-16-32-66,67-33-17-6-18-34-67)69-49-52-78(83-74-37-21-19-35-70(74)72-53-64(45-50-76(72)83)81(60-23-7-1-8-24-60)61-25-9-2-10-26-61)79(55-69)84-75-38-22-20-36-71(75)73-54-65(46-51-77(73)84)82(62-27-11-3-12-28-62)63-29-13-4-14-30-63/h1-55H. The summed E-state index contributed by atoms with van der Waals surface area (Å²) in [6, 6.07) is 124. The number of benzene rings is 13. The maximum absolute atomic E-state index is 9.66. The number of rotatable bonds is 13. The molecular weight excluding hydrogens is 1050 g/mol. The minimum absolute atomic E-state index is 0.646. The van der Waals surface area contributed by atoms with Gasteiger partial charge >= 0.3 is 0 Å². The van der Waals surface area contributed by atoms with Crippen molar-refractivity contribution >= 4 is 107 Å². The van der Waals surface area contributed by atoms with Gasteiger partial charge in [-0.2, -0.15) is 5.26 Å². The average Bonchev–Trinajstić information content (AvgIpc) is 4.33. The lowest BCUT2D eigenvalue weighted by Crippen LogP contribution is -2.74. The van der Waals surface area contributed by atoms with Crippen molar-refractivity contribution in [2.75, 3.05) is 9.80 Å². The van der Waals surface area contributed by atoms with Gasteiger partial charge in [0, 0.05) is 55.7 Å². The lowest BCUT2D eigenvalue weighted by molar-refractivity contribution is 1.10. The maximum atomic E-state index is 9.66. The van der Waals surface area contributed by atoms with Gasteiger partial charge in [-0.1, -0.05) is 212 Å². The highest BCUT2D eigenvalue weighted by Crippen LogP contribution is 2.44. The minimum Gasteiger partial charge on any atom is -0.310 e. The molecule has 400 valence electrons. The Bertz CT molecular complexity index is 4800.